The van der Waals surface area contributed by atoms with E-state index in [0.717, 1.165) is 30.6 Å². The molecule has 0 amide bonds. The molecule has 1 aromatic heterocycles. The van der Waals surface area contributed by atoms with E-state index in [1.165, 1.54) is 10.9 Å². The Morgan fingerprint density at radius 1 is 1.40 bits per heavy atom. The first-order valence-corrected chi connectivity index (χ1v) is 5.25. The van der Waals surface area contributed by atoms with Crippen LogP contribution in [0, 0.1) is 0 Å². The summed E-state index contributed by atoms with van der Waals surface area (Å²) in [6, 6.07) is 3.72. The van der Waals surface area contributed by atoms with Crippen molar-refractivity contribution >= 4 is 10.9 Å². The predicted molar refractivity (Wildman–Crippen MR) is 60.0 cm³/mol. The largest absolute Gasteiger partial charge is 0.508 e. The Labute approximate surface area is 88.3 Å². The van der Waals surface area contributed by atoms with E-state index in [-0.39, 0.29) is 0 Å². The number of rotatable bonds is 0. The van der Waals surface area contributed by atoms with Crippen molar-refractivity contribution in [2.75, 3.05) is 13.6 Å². The van der Waals surface area contributed by atoms with E-state index in [2.05, 4.69) is 23.1 Å². The molecule has 0 fully saturated rings. The molecule has 1 aromatic carbocycles. The Balaban J connectivity index is 2.35. The van der Waals surface area contributed by atoms with E-state index >= 15 is 0 Å². The van der Waals surface area contributed by atoms with Gasteiger partial charge >= 0.3 is 0 Å². The molecule has 78 valence electrons. The average Bonchev–Trinajstić information content (AvgIpc) is 2.55. The second kappa shape index (κ2) is 3.00. The molecule has 2 heterocycles. The lowest BCUT2D eigenvalue weighted by Crippen LogP contribution is -2.18. The topological polar surface area (TPSA) is 39.3 Å². The fourth-order valence-corrected chi connectivity index (χ4v) is 2.38. The van der Waals surface area contributed by atoms with E-state index < -0.39 is 0 Å². The van der Waals surface area contributed by atoms with Gasteiger partial charge in [-0.2, -0.15) is 0 Å². The van der Waals surface area contributed by atoms with Gasteiger partial charge < -0.3 is 15.0 Å². The molecule has 15 heavy (non-hydrogen) atoms. The highest BCUT2D eigenvalue weighted by Gasteiger charge is 2.17. The number of nitrogens with one attached hydrogen (secondary N) is 1. The van der Waals surface area contributed by atoms with Crippen molar-refractivity contribution < 1.29 is 5.11 Å². The van der Waals surface area contributed by atoms with Crippen molar-refractivity contribution in [3.8, 4) is 5.75 Å². The van der Waals surface area contributed by atoms with Crippen molar-refractivity contribution in [3.05, 3.63) is 29.5 Å². The molecular weight excluding hydrogens is 188 g/mol. The van der Waals surface area contributed by atoms with Gasteiger partial charge in [-0.3, -0.25) is 0 Å². The molecule has 3 heteroatoms. The SMILES string of the molecule is CN1CCc2c[nH]c3ccc(O)c(c23)C1. The molecule has 0 spiro atoms. The number of likely N-dealkylation sites (N-methyl/N-ethyl adjacent to an activating group) is 1. The van der Waals surface area contributed by atoms with Crippen LogP contribution in [0.2, 0.25) is 0 Å². The maximum Gasteiger partial charge on any atom is 0.120 e. The zero-order chi connectivity index (χ0) is 10.4. The molecule has 3 rings (SSSR count). The molecule has 0 atom stereocenters. The number of aromatic hydroxyl groups is 1. The summed E-state index contributed by atoms with van der Waals surface area (Å²) in [5, 5.41) is 11.1. The van der Waals surface area contributed by atoms with Crippen LogP contribution in [0.3, 0.4) is 0 Å². The smallest absolute Gasteiger partial charge is 0.120 e. The van der Waals surface area contributed by atoms with Gasteiger partial charge in [0.2, 0.25) is 0 Å². The minimum Gasteiger partial charge on any atom is -0.508 e. The molecule has 2 N–H and O–H groups in total. The number of H-pyrrole nitrogens is 1. The molecule has 3 nitrogen and oxygen atoms in total. The minimum atomic E-state index is 0.414. The molecular formula is C12H14N2O. The first-order chi connectivity index (χ1) is 7.25. The standard InChI is InChI=1S/C12H14N2O/c1-14-5-4-8-6-13-10-2-3-11(15)9(7-14)12(8)10/h2-3,6,13,15H,4-5,7H2,1H3. The molecule has 1 aliphatic heterocycles. The Kier molecular flexibility index (Phi) is 1.76. The van der Waals surface area contributed by atoms with Crippen LogP contribution in [0.25, 0.3) is 10.9 Å². The Bertz CT molecular complexity index is 516. The fraction of sp³-hybridized carbons (Fsp3) is 0.333. The van der Waals surface area contributed by atoms with Gasteiger partial charge in [-0.25, -0.2) is 0 Å². The number of phenolic OH excluding ortho intramolecular Hbond substituents is 1. The number of nitrogens with zero attached hydrogens (tertiary/aromatic N) is 1. The summed E-state index contributed by atoms with van der Waals surface area (Å²) < 4.78 is 0. The van der Waals surface area contributed by atoms with E-state index in [4.69, 9.17) is 0 Å². The second-order valence-electron chi connectivity index (χ2n) is 4.29. The summed E-state index contributed by atoms with van der Waals surface area (Å²) >= 11 is 0. The number of hydrogen-bond acceptors (Lipinski definition) is 2. The van der Waals surface area contributed by atoms with Crippen molar-refractivity contribution in [1.82, 2.24) is 9.88 Å². The molecule has 0 unspecified atom stereocenters. The lowest BCUT2D eigenvalue weighted by molar-refractivity contribution is 0.330. The monoisotopic (exact) mass is 202 g/mol. The number of phenols is 1. The van der Waals surface area contributed by atoms with E-state index in [1.807, 2.05) is 6.07 Å². The Morgan fingerprint density at radius 2 is 2.27 bits per heavy atom. The van der Waals surface area contributed by atoms with E-state index in [9.17, 15) is 5.11 Å². The van der Waals surface area contributed by atoms with Crippen LogP contribution < -0.4 is 0 Å². The first-order valence-electron chi connectivity index (χ1n) is 5.25. The highest BCUT2D eigenvalue weighted by molar-refractivity contribution is 5.88. The van der Waals surface area contributed by atoms with E-state index in [0.29, 0.717) is 5.75 Å². The van der Waals surface area contributed by atoms with Crippen LogP contribution in [0.5, 0.6) is 5.75 Å². The fourth-order valence-electron chi connectivity index (χ4n) is 2.38. The number of benzene rings is 1. The van der Waals surface area contributed by atoms with Crippen LogP contribution in [-0.2, 0) is 13.0 Å². The van der Waals surface area contributed by atoms with Crippen LogP contribution in [0.4, 0.5) is 0 Å². The Morgan fingerprint density at radius 3 is 3.13 bits per heavy atom. The summed E-state index contributed by atoms with van der Waals surface area (Å²) in [6.45, 7) is 1.87. The molecule has 0 aliphatic carbocycles. The Hall–Kier alpha value is -1.48. The zero-order valence-corrected chi connectivity index (χ0v) is 8.75. The van der Waals surface area contributed by atoms with E-state index in [1.54, 1.807) is 6.07 Å². The third kappa shape index (κ3) is 1.23. The van der Waals surface area contributed by atoms with Crippen LogP contribution in [0.1, 0.15) is 11.1 Å². The molecule has 0 bridgehead atoms. The number of aromatic nitrogens is 1. The van der Waals surface area contributed by atoms with Crippen molar-refractivity contribution in [1.29, 1.82) is 0 Å². The van der Waals surface area contributed by atoms with Gasteiger partial charge in [0, 0.05) is 35.8 Å². The first kappa shape index (κ1) is 8.80. The number of hydrogen-bond donors (Lipinski definition) is 2. The van der Waals surface area contributed by atoms with Gasteiger partial charge in [0.15, 0.2) is 0 Å². The average molecular weight is 202 g/mol. The predicted octanol–water partition coefficient (Wildman–Crippen LogP) is 1.86. The number of aromatic amines is 1. The summed E-state index contributed by atoms with van der Waals surface area (Å²) in [6.07, 6.45) is 3.11. The highest BCUT2D eigenvalue weighted by atomic mass is 16.3. The van der Waals surface area contributed by atoms with Gasteiger partial charge in [0.05, 0.1) is 0 Å². The lowest BCUT2D eigenvalue weighted by Gasteiger charge is -2.14. The zero-order valence-electron chi connectivity index (χ0n) is 8.75. The maximum absolute atomic E-state index is 9.89. The summed E-state index contributed by atoms with van der Waals surface area (Å²) in [4.78, 5) is 5.50. The molecule has 1 aliphatic rings. The third-order valence-electron chi connectivity index (χ3n) is 3.20. The normalized spacial score (nSPS) is 16.9. The second-order valence-corrected chi connectivity index (χ2v) is 4.29. The van der Waals surface area contributed by atoms with Gasteiger partial charge in [0.25, 0.3) is 0 Å². The quantitative estimate of drug-likeness (QED) is 0.684. The molecule has 0 radical (unpaired) electrons. The van der Waals surface area contributed by atoms with Gasteiger partial charge in [0.1, 0.15) is 5.75 Å². The molecule has 2 aromatic rings. The summed E-state index contributed by atoms with van der Waals surface area (Å²) in [5.41, 5.74) is 3.51. The van der Waals surface area contributed by atoms with Gasteiger partial charge in [-0.05, 0) is 31.2 Å². The van der Waals surface area contributed by atoms with Crippen molar-refractivity contribution in [3.63, 3.8) is 0 Å². The van der Waals surface area contributed by atoms with Crippen LogP contribution in [0.15, 0.2) is 18.3 Å². The maximum atomic E-state index is 9.89. The lowest BCUT2D eigenvalue weighted by atomic mass is 10.1. The highest BCUT2D eigenvalue weighted by Crippen LogP contribution is 2.32. The van der Waals surface area contributed by atoms with Crippen molar-refractivity contribution in [2.45, 2.75) is 13.0 Å². The third-order valence-corrected chi connectivity index (χ3v) is 3.20. The molecule has 0 saturated carbocycles. The van der Waals surface area contributed by atoms with Gasteiger partial charge in [-0.1, -0.05) is 0 Å². The molecule has 0 saturated heterocycles. The van der Waals surface area contributed by atoms with Crippen LogP contribution >= 0.6 is 0 Å². The van der Waals surface area contributed by atoms with Crippen LogP contribution in [-0.4, -0.2) is 28.6 Å². The minimum absolute atomic E-state index is 0.414. The summed E-state index contributed by atoms with van der Waals surface area (Å²) in [7, 11) is 2.09. The summed E-state index contributed by atoms with van der Waals surface area (Å²) in [5.74, 6) is 0.414. The van der Waals surface area contributed by atoms with Crippen molar-refractivity contribution in [2.24, 2.45) is 0 Å². The van der Waals surface area contributed by atoms with Gasteiger partial charge in [-0.15, -0.1) is 0 Å².